The summed E-state index contributed by atoms with van der Waals surface area (Å²) in [5.74, 6) is -0.373. The summed E-state index contributed by atoms with van der Waals surface area (Å²) in [6, 6.07) is 26.9. The van der Waals surface area contributed by atoms with Crippen molar-refractivity contribution < 1.29 is 9.59 Å². The largest absolute Gasteiger partial charge is 0.368 e. The first-order valence-corrected chi connectivity index (χ1v) is 10.4. The molecule has 4 rings (SSSR count). The van der Waals surface area contributed by atoms with Crippen LogP contribution in [0.2, 0.25) is 0 Å². The van der Waals surface area contributed by atoms with E-state index < -0.39 is 6.04 Å². The minimum atomic E-state index is -0.475. The van der Waals surface area contributed by atoms with Crippen LogP contribution in [0, 0.1) is 0 Å². The van der Waals surface area contributed by atoms with Gasteiger partial charge < -0.3 is 16.0 Å². The van der Waals surface area contributed by atoms with Gasteiger partial charge in [-0.2, -0.15) is 0 Å². The molecule has 6 heteroatoms. The van der Waals surface area contributed by atoms with Crippen LogP contribution in [0.15, 0.2) is 84.9 Å². The summed E-state index contributed by atoms with van der Waals surface area (Å²) in [5.41, 5.74) is 9.55. The van der Waals surface area contributed by atoms with E-state index in [2.05, 4.69) is 17.4 Å². The molecule has 3 aromatic rings. The molecule has 3 aromatic carbocycles. The number of benzene rings is 3. The number of hydrogen-bond acceptors (Lipinski definition) is 3. The molecular formula is C25H26N4O2. The van der Waals surface area contributed by atoms with Gasteiger partial charge in [0.2, 0.25) is 5.91 Å². The van der Waals surface area contributed by atoms with Gasteiger partial charge in [0, 0.05) is 31.9 Å². The highest BCUT2D eigenvalue weighted by Gasteiger charge is 2.30. The fourth-order valence-electron chi connectivity index (χ4n) is 3.95. The smallest absolute Gasteiger partial charge is 0.321 e. The standard InChI is InChI=1S/C25H26N4O2/c26-24(30)23(21-9-5-2-6-10-21)28-15-17-29(18-16-28)25(31)27-22-13-11-20(12-14-22)19-7-3-1-4-8-19/h1-14,23H,15-18H2,(H2,26,30)(H,27,31). The first-order chi connectivity index (χ1) is 15.1. The molecule has 31 heavy (non-hydrogen) atoms. The highest BCUT2D eigenvalue weighted by atomic mass is 16.2. The lowest BCUT2D eigenvalue weighted by Crippen LogP contribution is -2.52. The van der Waals surface area contributed by atoms with Crippen molar-refractivity contribution in [2.24, 2.45) is 5.73 Å². The van der Waals surface area contributed by atoms with E-state index in [-0.39, 0.29) is 11.9 Å². The fraction of sp³-hybridized carbons (Fsp3) is 0.200. The highest BCUT2D eigenvalue weighted by Crippen LogP contribution is 2.23. The third-order valence-electron chi connectivity index (χ3n) is 5.59. The van der Waals surface area contributed by atoms with E-state index in [9.17, 15) is 9.59 Å². The van der Waals surface area contributed by atoms with E-state index in [0.717, 1.165) is 22.4 Å². The number of amides is 3. The SMILES string of the molecule is NC(=O)C(c1ccccc1)N1CCN(C(=O)Nc2ccc(-c3ccccc3)cc2)CC1. The van der Waals surface area contributed by atoms with E-state index in [1.165, 1.54) is 0 Å². The Bertz CT molecular complexity index is 1010. The Kier molecular flexibility index (Phi) is 6.29. The predicted octanol–water partition coefficient (Wildman–Crippen LogP) is 3.73. The molecule has 1 fully saturated rings. The number of nitrogens with two attached hydrogens (primary N) is 1. The van der Waals surface area contributed by atoms with Gasteiger partial charge >= 0.3 is 6.03 Å². The molecule has 0 spiro atoms. The number of nitrogens with one attached hydrogen (secondary N) is 1. The Labute approximate surface area is 182 Å². The monoisotopic (exact) mass is 414 g/mol. The summed E-state index contributed by atoms with van der Waals surface area (Å²) in [6.07, 6.45) is 0. The van der Waals surface area contributed by atoms with Crippen molar-refractivity contribution in [3.05, 3.63) is 90.5 Å². The Morgan fingerprint density at radius 1 is 0.742 bits per heavy atom. The first kappa shape index (κ1) is 20.6. The number of carbonyl (C=O) groups excluding carboxylic acids is 2. The zero-order chi connectivity index (χ0) is 21.6. The quantitative estimate of drug-likeness (QED) is 0.668. The van der Waals surface area contributed by atoms with Crippen LogP contribution in [0.3, 0.4) is 0 Å². The van der Waals surface area contributed by atoms with Gasteiger partial charge in [-0.15, -0.1) is 0 Å². The van der Waals surface area contributed by atoms with Crippen molar-refractivity contribution in [1.29, 1.82) is 0 Å². The van der Waals surface area contributed by atoms with Crippen molar-refractivity contribution in [2.75, 3.05) is 31.5 Å². The molecule has 1 heterocycles. The Morgan fingerprint density at radius 3 is 1.87 bits per heavy atom. The van der Waals surface area contributed by atoms with E-state index in [1.807, 2.05) is 77.7 Å². The molecule has 1 saturated heterocycles. The summed E-state index contributed by atoms with van der Waals surface area (Å²) >= 11 is 0. The summed E-state index contributed by atoms with van der Waals surface area (Å²) in [5, 5.41) is 2.97. The highest BCUT2D eigenvalue weighted by molar-refractivity contribution is 5.89. The molecule has 0 bridgehead atoms. The lowest BCUT2D eigenvalue weighted by Gasteiger charge is -2.38. The summed E-state index contributed by atoms with van der Waals surface area (Å²) in [4.78, 5) is 28.6. The van der Waals surface area contributed by atoms with Crippen LogP contribution >= 0.6 is 0 Å². The second-order valence-corrected chi connectivity index (χ2v) is 7.61. The van der Waals surface area contributed by atoms with Crippen molar-refractivity contribution in [3.63, 3.8) is 0 Å². The van der Waals surface area contributed by atoms with E-state index >= 15 is 0 Å². The Hall–Kier alpha value is -3.64. The van der Waals surface area contributed by atoms with Gasteiger partial charge in [-0.05, 0) is 28.8 Å². The van der Waals surface area contributed by atoms with Crippen LogP contribution in [-0.2, 0) is 4.79 Å². The average Bonchev–Trinajstić information content (AvgIpc) is 2.81. The summed E-state index contributed by atoms with van der Waals surface area (Å²) in [6.45, 7) is 2.24. The van der Waals surface area contributed by atoms with Gasteiger partial charge in [-0.3, -0.25) is 9.69 Å². The third kappa shape index (κ3) is 4.92. The lowest BCUT2D eigenvalue weighted by atomic mass is 10.0. The maximum Gasteiger partial charge on any atom is 0.321 e. The Balaban J connectivity index is 1.34. The number of piperazine rings is 1. The van der Waals surface area contributed by atoms with Crippen LogP contribution in [0.5, 0.6) is 0 Å². The number of carbonyl (C=O) groups is 2. The van der Waals surface area contributed by atoms with Crippen molar-refractivity contribution >= 4 is 17.6 Å². The number of nitrogens with zero attached hydrogens (tertiary/aromatic N) is 2. The second kappa shape index (κ2) is 9.45. The minimum Gasteiger partial charge on any atom is -0.368 e. The topological polar surface area (TPSA) is 78.7 Å². The van der Waals surface area contributed by atoms with Gasteiger partial charge in [0.15, 0.2) is 0 Å². The normalized spacial score (nSPS) is 15.3. The van der Waals surface area contributed by atoms with Crippen LogP contribution < -0.4 is 11.1 Å². The fourth-order valence-corrected chi connectivity index (χ4v) is 3.95. The molecule has 6 nitrogen and oxygen atoms in total. The molecule has 1 aliphatic heterocycles. The third-order valence-corrected chi connectivity index (χ3v) is 5.59. The van der Waals surface area contributed by atoms with E-state index in [0.29, 0.717) is 26.2 Å². The number of rotatable bonds is 5. The lowest BCUT2D eigenvalue weighted by molar-refractivity contribution is -0.124. The number of anilines is 1. The molecule has 158 valence electrons. The molecule has 0 aromatic heterocycles. The molecule has 0 radical (unpaired) electrons. The molecule has 0 saturated carbocycles. The molecule has 1 aliphatic rings. The van der Waals surface area contributed by atoms with Gasteiger partial charge in [-0.25, -0.2) is 4.79 Å². The summed E-state index contributed by atoms with van der Waals surface area (Å²) in [7, 11) is 0. The van der Waals surface area contributed by atoms with Gasteiger partial charge in [0.05, 0.1) is 0 Å². The van der Waals surface area contributed by atoms with E-state index in [4.69, 9.17) is 5.73 Å². The second-order valence-electron chi connectivity index (χ2n) is 7.61. The zero-order valence-electron chi connectivity index (χ0n) is 17.3. The molecule has 0 aliphatic carbocycles. The summed E-state index contributed by atoms with van der Waals surface area (Å²) < 4.78 is 0. The number of urea groups is 1. The minimum absolute atomic E-state index is 0.137. The van der Waals surface area contributed by atoms with Crippen molar-refractivity contribution in [2.45, 2.75) is 6.04 Å². The molecule has 1 atom stereocenters. The van der Waals surface area contributed by atoms with E-state index in [1.54, 1.807) is 4.90 Å². The van der Waals surface area contributed by atoms with Crippen molar-refractivity contribution in [3.8, 4) is 11.1 Å². The predicted molar refractivity (Wildman–Crippen MR) is 122 cm³/mol. The Morgan fingerprint density at radius 2 is 1.29 bits per heavy atom. The van der Waals surface area contributed by atoms with Crippen molar-refractivity contribution in [1.82, 2.24) is 9.80 Å². The molecular weight excluding hydrogens is 388 g/mol. The van der Waals surface area contributed by atoms with Gasteiger partial charge in [0.25, 0.3) is 0 Å². The molecule has 1 unspecified atom stereocenters. The average molecular weight is 415 g/mol. The number of hydrogen-bond donors (Lipinski definition) is 2. The van der Waals surface area contributed by atoms with Crippen LogP contribution in [-0.4, -0.2) is 47.9 Å². The number of primary amides is 1. The maximum atomic E-state index is 12.7. The molecule has 3 amide bonds. The van der Waals surface area contributed by atoms with Gasteiger partial charge in [-0.1, -0.05) is 72.8 Å². The zero-order valence-corrected chi connectivity index (χ0v) is 17.3. The van der Waals surface area contributed by atoms with Crippen LogP contribution in [0.25, 0.3) is 11.1 Å². The first-order valence-electron chi connectivity index (χ1n) is 10.4. The molecule has 3 N–H and O–H groups in total. The maximum absolute atomic E-state index is 12.7. The van der Waals surface area contributed by atoms with Gasteiger partial charge in [0.1, 0.15) is 6.04 Å². The van der Waals surface area contributed by atoms with Crippen LogP contribution in [0.4, 0.5) is 10.5 Å². The van der Waals surface area contributed by atoms with Crippen LogP contribution in [0.1, 0.15) is 11.6 Å².